The average Bonchev–Trinajstić information content (AvgIpc) is 3.01. The van der Waals surface area contributed by atoms with E-state index in [0.717, 1.165) is 5.56 Å². The molecule has 1 N–H and O–H groups in total. The SMILES string of the molecule is CCOc1cc(CN(C)[C@H](C)C(=O)Nc2cc(C)no2)ccc1OC(F)F. The van der Waals surface area contributed by atoms with Crippen LogP contribution in [0.2, 0.25) is 0 Å². The third kappa shape index (κ3) is 5.92. The monoisotopic (exact) mass is 383 g/mol. The van der Waals surface area contributed by atoms with Gasteiger partial charge in [0.05, 0.1) is 18.3 Å². The van der Waals surface area contributed by atoms with E-state index in [9.17, 15) is 13.6 Å². The quantitative estimate of drug-likeness (QED) is 0.715. The number of nitrogens with zero attached hydrogens (tertiary/aromatic N) is 2. The molecule has 0 saturated carbocycles. The Hall–Kier alpha value is -2.68. The molecular weight excluding hydrogens is 360 g/mol. The number of ether oxygens (including phenoxy) is 2. The summed E-state index contributed by atoms with van der Waals surface area (Å²) in [5, 5.41) is 6.37. The molecule has 9 heteroatoms. The zero-order chi connectivity index (χ0) is 20.0. The summed E-state index contributed by atoms with van der Waals surface area (Å²) in [6.07, 6.45) is 0. The van der Waals surface area contributed by atoms with Gasteiger partial charge in [-0.2, -0.15) is 8.78 Å². The summed E-state index contributed by atoms with van der Waals surface area (Å²) in [5.41, 5.74) is 1.46. The van der Waals surface area contributed by atoms with Crippen LogP contribution < -0.4 is 14.8 Å². The second kappa shape index (κ2) is 9.31. The number of anilines is 1. The predicted molar refractivity (Wildman–Crippen MR) is 95.0 cm³/mol. The zero-order valence-electron chi connectivity index (χ0n) is 15.7. The van der Waals surface area contributed by atoms with Gasteiger partial charge < -0.3 is 14.0 Å². The zero-order valence-corrected chi connectivity index (χ0v) is 15.7. The van der Waals surface area contributed by atoms with E-state index in [4.69, 9.17) is 9.26 Å². The van der Waals surface area contributed by atoms with Gasteiger partial charge in [-0.25, -0.2) is 0 Å². The van der Waals surface area contributed by atoms with Crippen LogP contribution in [0.25, 0.3) is 0 Å². The standard InChI is InChI=1S/C18H23F2N3O4/c1-5-25-15-9-13(6-7-14(15)26-18(19)20)10-23(4)12(3)17(24)21-16-8-11(2)22-27-16/h6-9,12,18H,5,10H2,1-4H3,(H,21,24)/t12-/m1/s1. The molecule has 0 spiro atoms. The predicted octanol–water partition coefficient (Wildman–Crippen LogP) is 3.44. The number of alkyl halides is 2. The normalized spacial score (nSPS) is 12.3. The van der Waals surface area contributed by atoms with E-state index in [1.54, 1.807) is 50.9 Å². The van der Waals surface area contributed by atoms with Crippen molar-refractivity contribution >= 4 is 11.8 Å². The van der Waals surface area contributed by atoms with Gasteiger partial charge in [0, 0.05) is 12.6 Å². The Morgan fingerprint density at radius 2 is 2.07 bits per heavy atom. The van der Waals surface area contributed by atoms with Gasteiger partial charge in [-0.3, -0.25) is 15.0 Å². The lowest BCUT2D eigenvalue weighted by Crippen LogP contribution is -2.39. The lowest BCUT2D eigenvalue weighted by molar-refractivity contribution is -0.120. The minimum absolute atomic E-state index is 0.0234. The highest BCUT2D eigenvalue weighted by molar-refractivity contribution is 5.93. The fourth-order valence-corrected chi connectivity index (χ4v) is 2.39. The van der Waals surface area contributed by atoms with E-state index >= 15 is 0 Å². The highest BCUT2D eigenvalue weighted by Crippen LogP contribution is 2.30. The van der Waals surface area contributed by atoms with Gasteiger partial charge in [-0.15, -0.1) is 0 Å². The first-order chi connectivity index (χ1) is 12.8. The summed E-state index contributed by atoms with van der Waals surface area (Å²) < 4.78 is 39.8. The molecular formula is C18H23F2N3O4. The fraction of sp³-hybridized carbons (Fsp3) is 0.444. The number of hydrogen-bond acceptors (Lipinski definition) is 6. The van der Waals surface area contributed by atoms with Crippen LogP contribution in [-0.2, 0) is 11.3 Å². The van der Waals surface area contributed by atoms with Crippen LogP contribution in [0.3, 0.4) is 0 Å². The van der Waals surface area contributed by atoms with Crippen LogP contribution in [0, 0.1) is 6.92 Å². The molecule has 0 bridgehead atoms. The second-order valence-corrected chi connectivity index (χ2v) is 6.01. The smallest absolute Gasteiger partial charge is 0.387 e. The van der Waals surface area contributed by atoms with Gasteiger partial charge in [-0.05, 0) is 45.5 Å². The summed E-state index contributed by atoms with van der Waals surface area (Å²) in [4.78, 5) is 14.1. The van der Waals surface area contributed by atoms with Crippen LogP contribution in [-0.4, -0.2) is 42.3 Å². The maximum atomic E-state index is 12.5. The Morgan fingerprint density at radius 1 is 1.33 bits per heavy atom. The van der Waals surface area contributed by atoms with E-state index in [1.165, 1.54) is 6.07 Å². The van der Waals surface area contributed by atoms with Crippen molar-refractivity contribution in [1.82, 2.24) is 10.1 Å². The Bertz CT molecular complexity index is 767. The number of likely N-dealkylation sites (N-methyl/N-ethyl adjacent to an activating group) is 1. The molecule has 27 heavy (non-hydrogen) atoms. The molecule has 0 aliphatic heterocycles. The molecule has 0 saturated heterocycles. The molecule has 1 atom stereocenters. The first-order valence-corrected chi connectivity index (χ1v) is 8.45. The number of benzene rings is 1. The number of hydrogen-bond donors (Lipinski definition) is 1. The Balaban J connectivity index is 2.03. The number of aromatic nitrogens is 1. The van der Waals surface area contributed by atoms with Crippen LogP contribution in [0.5, 0.6) is 11.5 Å². The Kier molecular flexibility index (Phi) is 7.12. The molecule has 7 nitrogen and oxygen atoms in total. The first kappa shape index (κ1) is 20.6. The molecule has 1 aromatic heterocycles. The Morgan fingerprint density at radius 3 is 2.67 bits per heavy atom. The van der Waals surface area contributed by atoms with Gasteiger partial charge in [-0.1, -0.05) is 11.2 Å². The molecule has 0 aliphatic carbocycles. The van der Waals surface area contributed by atoms with Crippen molar-refractivity contribution in [2.75, 3.05) is 19.0 Å². The third-order valence-corrected chi connectivity index (χ3v) is 3.87. The largest absolute Gasteiger partial charge is 0.490 e. The average molecular weight is 383 g/mol. The molecule has 2 rings (SSSR count). The van der Waals surface area contributed by atoms with Gasteiger partial charge in [0.25, 0.3) is 0 Å². The maximum absolute atomic E-state index is 12.5. The van der Waals surface area contributed by atoms with Crippen molar-refractivity contribution in [1.29, 1.82) is 0 Å². The molecule has 0 radical (unpaired) electrons. The van der Waals surface area contributed by atoms with Crippen molar-refractivity contribution in [3.05, 3.63) is 35.5 Å². The number of halogens is 2. The summed E-state index contributed by atoms with van der Waals surface area (Å²) in [6.45, 7) is 3.04. The number of amides is 1. The number of carbonyl (C=O) groups excluding carboxylic acids is 1. The topological polar surface area (TPSA) is 76.8 Å². The highest BCUT2D eigenvalue weighted by Gasteiger charge is 2.20. The molecule has 0 fully saturated rings. The molecule has 2 aromatic rings. The van der Waals surface area contributed by atoms with Crippen molar-refractivity contribution in [3.63, 3.8) is 0 Å². The molecule has 0 aliphatic rings. The number of nitrogens with one attached hydrogen (secondary N) is 1. The summed E-state index contributed by atoms with van der Waals surface area (Å²) in [6, 6.07) is 5.87. The van der Waals surface area contributed by atoms with Gasteiger partial charge in [0.2, 0.25) is 11.8 Å². The lowest BCUT2D eigenvalue weighted by atomic mass is 10.1. The summed E-state index contributed by atoms with van der Waals surface area (Å²) in [7, 11) is 1.78. The van der Waals surface area contributed by atoms with Crippen molar-refractivity contribution < 1.29 is 27.6 Å². The van der Waals surface area contributed by atoms with Crippen LogP contribution in [0.4, 0.5) is 14.7 Å². The van der Waals surface area contributed by atoms with E-state index in [-0.39, 0.29) is 23.3 Å². The lowest BCUT2D eigenvalue weighted by Gasteiger charge is -2.24. The summed E-state index contributed by atoms with van der Waals surface area (Å²) in [5.74, 6) is 0.240. The fourth-order valence-electron chi connectivity index (χ4n) is 2.39. The number of rotatable bonds is 9. The van der Waals surface area contributed by atoms with E-state index in [0.29, 0.717) is 18.8 Å². The highest BCUT2D eigenvalue weighted by atomic mass is 19.3. The molecule has 148 valence electrons. The van der Waals surface area contributed by atoms with Gasteiger partial charge in [0.15, 0.2) is 11.5 Å². The van der Waals surface area contributed by atoms with Crippen LogP contribution >= 0.6 is 0 Å². The first-order valence-electron chi connectivity index (χ1n) is 8.45. The number of carbonyl (C=O) groups is 1. The van der Waals surface area contributed by atoms with E-state index in [2.05, 4.69) is 15.2 Å². The summed E-state index contributed by atoms with van der Waals surface area (Å²) >= 11 is 0. The molecule has 1 aromatic carbocycles. The van der Waals surface area contributed by atoms with Gasteiger partial charge >= 0.3 is 6.61 Å². The van der Waals surface area contributed by atoms with Crippen molar-refractivity contribution in [3.8, 4) is 11.5 Å². The molecule has 0 unspecified atom stereocenters. The number of aryl methyl sites for hydroxylation is 1. The minimum Gasteiger partial charge on any atom is -0.490 e. The maximum Gasteiger partial charge on any atom is 0.387 e. The van der Waals surface area contributed by atoms with Crippen molar-refractivity contribution in [2.45, 2.75) is 40.0 Å². The Labute approximate surface area is 156 Å². The van der Waals surface area contributed by atoms with E-state index < -0.39 is 12.7 Å². The molecule has 1 amide bonds. The van der Waals surface area contributed by atoms with Crippen molar-refractivity contribution in [2.24, 2.45) is 0 Å². The third-order valence-electron chi connectivity index (χ3n) is 3.87. The second-order valence-electron chi connectivity index (χ2n) is 6.01. The van der Waals surface area contributed by atoms with Crippen LogP contribution in [0.1, 0.15) is 25.1 Å². The molecule has 1 heterocycles. The van der Waals surface area contributed by atoms with Crippen LogP contribution in [0.15, 0.2) is 28.8 Å². The minimum atomic E-state index is -2.93. The van der Waals surface area contributed by atoms with Gasteiger partial charge in [0.1, 0.15) is 0 Å². The van der Waals surface area contributed by atoms with E-state index in [1.807, 2.05) is 0 Å².